The van der Waals surface area contributed by atoms with Crippen LogP contribution in [-0.4, -0.2) is 18.3 Å². The van der Waals surface area contributed by atoms with Crippen LogP contribution in [0.4, 0.5) is 0 Å². The van der Waals surface area contributed by atoms with E-state index in [9.17, 15) is 0 Å². The zero-order valence-corrected chi connectivity index (χ0v) is 12.0. The molecule has 0 aliphatic heterocycles. The average Bonchev–Trinajstić information content (AvgIpc) is 2.33. The van der Waals surface area contributed by atoms with Gasteiger partial charge in [0.1, 0.15) is 0 Å². The maximum atomic E-state index is 8.67. The molecule has 102 valence electrons. The van der Waals surface area contributed by atoms with E-state index in [0.717, 1.165) is 32.4 Å². The zero-order valence-electron chi connectivity index (χ0n) is 12.0. The van der Waals surface area contributed by atoms with E-state index in [-0.39, 0.29) is 5.41 Å². The molecule has 0 aromatic heterocycles. The van der Waals surface area contributed by atoms with E-state index >= 15 is 0 Å². The molecule has 0 radical (unpaired) electrons. The Labute approximate surface area is 111 Å². The molecule has 0 aliphatic carbocycles. The van der Waals surface area contributed by atoms with Crippen molar-refractivity contribution >= 4 is 0 Å². The molecular formula is C16H27NO. The number of hydrogen-bond acceptors (Lipinski definition) is 2. The molecule has 0 aliphatic rings. The van der Waals surface area contributed by atoms with Crippen molar-refractivity contribution in [3.8, 4) is 0 Å². The SMILES string of the molecule is CC(C)(C)c1ccc(CNCCCCCO)cc1. The van der Waals surface area contributed by atoms with Crippen LogP contribution in [0.5, 0.6) is 0 Å². The van der Waals surface area contributed by atoms with Crippen molar-refractivity contribution in [2.75, 3.05) is 13.2 Å². The number of nitrogens with one attached hydrogen (secondary N) is 1. The standard InChI is InChI=1S/C16H27NO/c1-16(2,3)15-9-7-14(8-10-15)13-17-11-5-4-6-12-18/h7-10,17-18H,4-6,11-13H2,1-3H3. The van der Waals surface area contributed by atoms with Crippen LogP contribution in [0.3, 0.4) is 0 Å². The fourth-order valence-corrected chi connectivity index (χ4v) is 1.89. The Hall–Kier alpha value is -0.860. The van der Waals surface area contributed by atoms with Gasteiger partial charge in [0, 0.05) is 13.2 Å². The summed E-state index contributed by atoms with van der Waals surface area (Å²) in [4.78, 5) is 0. The molecule has 0 fully saturated rings. The van der Waals surface area contributed by atoms with Gasteiger partial charge < -0.3 is 10.4 Å². The number of aliphatic hydroxyl groups excluding tert-OH is 1. The third-order valence-electron chi connectivity index (χ3n) is 3.16. The van der Waals surface area contributed by atoms with Gasteiger partial charge in [-0.05, 0) is 42.3 Å². The Morgan fingerprint density at radius 3 is 2.22 bits per heavy atom. The number of hydrogen-bond donors (Lipinski definition) is 2. The second kappa shape index (κ2) is 7.55. The van der Waals surface area contributed by atoms with Crippen molar-refractivity contribution < 1.29 is 5.11 Å². The largest absolute Gasteiger partial charge is 0.396 e. The van der Waals surface area contributed by atoms with Crippen molar-refractivity contribution in [3.05, 3.63) is 35.4 Å². The molecule has 1 aromatic carbocycles. The number of rotatable bonds is 7. The van der Waals surface area contributed by atoms with E-state index in [2.05, 4.69) is 50.4 Å². The summed E-state index contributed by atoms with van der Waals surface area (Å²) in [6.45, 7) is 8.99. The summed E-state index contributed by atoms with van der Waals surface area (Å²) in [7, 11) is 0. The van der Waals surface area contributed by atoms with Gasteiger partial charge in [-0.1, -0.05) is 45.0 Å². The number of aliphatic hydroxyl groups is 1. The van der Waals surface area contributed by atoms with Crippen molar-refractivity contribution in [2.24, 2.45) is 0 Å². The average molecular weight is 249 g/mol. The van der Waals surface area contributed by atoms with Crippen molar-refractivity contribution in [3.63, 3.8) is 0 Å². The van der Waals surface area contributed by atoms with E-state index in [1.165, 1.54) is 11.1 Å². The van der Waals surface area contributed by atoms with Crippen LogP contribution >= 0.6 is 0 Å². The highest BCUT2D eigenvalue weighted by Gasteiger charge is 2.12. The van der Waals surface area contributed by atoms with E-state index in [1.807, 2.05) is 0 Å². The summed E-state index contributed by atoms with van der Waals surface area (Å²) in [6.07, 6.45) is 3.16. The molecule has 2 nitrogen and oxygen atoms in total. The molecule has 0 bridgehead atoms. The maximum Gasteiger partial charge on any atom is 0.0431 e. The van der Waals surface area contributed by atoms with Crippen molar-refractivity contribution in [1.29, 1.82) is 0 Å². The number of benzene rings is 1. The van der Waals surface area contributed by atoms with Crippen LogP contribution in [0.1, 0.15) is 51.2 Å². The Bertz CT molecular complexity index is 324. The molecule has 1 aromatic rings. The fourth-order valence-electron chi connectivity index (χ4n) is 1.89. The number of unbranched alkanes of at least 4 members (excludes halogenated alkanes) is 2. The van der Waals surface area contributed by atoms with Crippen LogP contribution in [-0.2, 0) is 12.0 Å². The van der Waals surface area contributed by atoms with Crippen LogP contribution in [0, 0.1) is 0 Å². The van der Waals surface area contributed by atoms with Crippen LogP contribution in [0.25, 0.3) is 0 Å². The Kier molecular flexibility index (Phi) is 6.37. The summed E-state index contributed by atoms with van der Waals surface area (Å²) < 4.78 is 0. The van der Waals surface area contributed by atoms with Gasteiger partial charge in [-0.3, -0.25) is 0 Å². The predicted octanol–water partition coefficient (Wildman–Crippen LogP) is 3.24. The topological polar surface area (TPSA) is 32.3 Å². The lowest BCUT2D eigenvalue weighted by Crippen LogP contribution is -2.15. The smallest absolute Gasteiger partial charge is 0.0431 e. The first-order valence-electron chi connectivity index (χ1n) is 6.95. The molecule has 18 heavy (non-hydrogen) atoms. The Morgan fingerprint density at radius 2 is 1.67 bits per heavy atom. The monoisotopic (exact) mass is 249 g/mol. The molecule has 0 unspecified atom stereocenters. The highest BCUT2D eigenvalue weighted by molar-refractivity contribution is 5.27. The lowest BCUT2D eigenvalue weighted by atomic mass is 9.87. The highest BCUT2D eigenvalue weighted by atomic mass is 16.2. The van der Waals surface area contributed by atoms with E-state index in [1.54, 1.807) is 0 Å². The Morgan fingerprint density at radius 1 is 1.00 bits per heavy atom. The van der Waals surface area contributed by atoms with Crippen LogP contribution in [0.15, 0.2) is 24.3 Å². The van der Waals surface area contributed by atoms with Gasteiger partial charge in [0.25, 0.3) is 0 Å². The second-order valence-electron chi connectivity index (χ2n) is 5.91. The van der Waals surface area contributed by atoms with Gasteiger partial charge in [0.2, 0.25) is 0 Å². The molecule has 0 saturated heterocycles. The molecule has 0 amide bonds. The molecule has 0 spiro atoms. The lowest BCUT2D eigenvalue weighted by molar-refractivity contribution is 0.283. The molecule has 1 rings (SSSR count). The minimum atomic E-state index is 0.232. The third-order valence-corrected chi connectivity index (χ3v) is 3.16. The summed E-state index contributed by atoms with van der Waals surface area (Å²) in [6, 6.07) is 8.87. The fraction of sp³-hybridized carbons (Fsp3) is 0.625. The van der Waals surface area contributed by atoms with Gasteiger partial charge in [-0.25, -0.2) is 0 Å². The van der Waals surface area contributed by atoms with E-state index in [4.69, 9.17) is 5.11 Å². The highest BCUT2D eigenvalue weighted by Crippen LogP contribution is 2.22. The summed E-state index contributed by atoms with van der Waals surface area (Å²) >= 11 is 0. The third kappa shape index (κ3) is 5.65. The summed E-state index contributed by atoms with van der Waals surface area (Å²) in [5, 5.41) is 12.1. The van der Waals surface area contributed by atoms with Gasteiger partial charge in [0.15, 0.2) is 0 Å². The quantitative estimate of drug-likeness (QED) is 0.727. The van der Waals surface area contributed by atoms with E-state index < -0.39 is 0 Å². The van der Waals surface area contributed by atoms with Crippen molar-refractivity contribution in [1.82, 2.24) is 5.32 Å². The van der Waals surface area contributed by atoms with Gasteiger partial charge >= 0.3 is 0 Å². The zero-order chi connectivity index (χ0) is 13.4. The Balaban J connectivity index is 2.27. The maximum absolute atomic E-state index is 8.67. The molecule has 0 heterocycles. The molecule has 0 saturated carbocycles. The van der Waals surface area contributed by atoms with Gasteiger partial charge in [-0.15, -0.1) is 0 Å². The minimum absolute atomic E-state index is 0.232. The molecule has 0 atom stereocenters. The second-order valence-corrected chi connectivity index (χ2v) is 5.91. The first-order valence-corrected chi connectivity index (χ1v) is 6.95. The first-order chi connectivity index (χ1) is 8.54. The molecule has 2 N–H and O–H groups in total. The van der Waals surface area contributed by atoms with Gasteiger partial charge in [-0.2, -0.15) is 0 Å². The van der Waals surface area contributed by atoms with Crippen LogP contribution < -0.4 is 5.32 Å². The first kappa shape index (κ1) is 15.2. The van der Waals surface area contributed by atoms with Gasteiger partial charge in [0.05, 0.1) is 0 Å². The minimum Gasteiger partial charge on any atom is -0.396 e. The molecule has 2 heteroatoms. The predicted molar refractivity (Wildman–Crippen MR) is 77.8 cm³/mol. The summed E-state index contributed by atoms with van der Waals surface area (Å²) in [5.41, 5.74) is 2.95. The summed E-state index contributed by atoms with van der Waals surface area (Å²) in [5.74, 6) is 0. The lowest BCUT2D eigenvalue weighted by Gasteiger charge is -2.19. The van der Waals surface area contributed by atoms with Crippen molar-refractivity contribution in [2.45, 2.75) is 52.0 Å². The molecular weight excluding hydrogens is 222 g/mol. The van der Waals surface area contributed by atoms with E-state index in [0.29, 0.717) is 6.61 Å². The van der Waals surface area contributed by atoms with Crippen LogP contribution in [0.2, 0.25) is 0 Å². The normalized spacial score (nSPS) is 11.8.